The molecule has 0 saturated heterocycles. The molecular weight excluding hydrogens is 489 g/mol. The monoisotopic (exact) mass is 515 g/mol. The minimum atomic E-state index is -1.48. The normalized spacial score (nSPS) is 24.6. The Balaban J connectivity index is 1.83. The van der Waals surface area contributed by atoms with Crippen LogP contribution in [-0.2, 0) is 5.54 Å². The molecule has 0 N–H and O–H groups in total. The molecule has 0 spiro atoms. The van der Waals surface area contributed by atoms with Gasteiger partial charge in [0.1, 0.15) is 12.1 Å². The number of ketones is 1. The molecule has 2 aliphatic heterocycles. The second-order valence-corrected chi connectivity index (χ2v) is 11.2. The Morgan fingerprint density at radius 1 is 0.833 bits per heavy atom. The molecule has 1 aliphatic carbocycles. The van der Waals surface area contributed by atoms with E-state index in [4.69, 9.17) is 23.2 Å². The third kappa shape index (κ3) is 3.40. The minimum absolute atomic E-state index is 0.128. The molecule has 0 bridgehead atoms. The molecule has 1 unspecified atom stereocenters. The van der Waals surface area contributed by atoms with E-state index in [0.717, 1.165) is 48.8 Å². The van der Waals surface area contributed by atoms with Crippen LogP contribution in [0, 0.1) is 22.7 Å². The lowest BCUT2D eigenvalue weighted by Crippen LogP contribution is -2.59. The number of benzene rings is 2. The quantitative estimate of drug-likeness (QED) is 0.312. The number of carbonyl (C=O) groups is 1. The molecule has 3 aliphatic rings. The van der Waals surface area contributed by atoms with Gasteiger partial charge in [-0.2, -0.15) is 10.5 Å². The van der Waals surface area contributed by atoms with Crippen LogP contribution < -0.4 is 0 Å². The van der Waals surface area contributed by atoms with Gasteiger partial charge in [0, 0.05) is 26.7 Å². The largest absolute Gasteiger partial charge is 0.289 e. The average molecular weight is 516 g/mol. The van der Waals surface area contributed by atoms with Gasteiger partial charge in [-0.3, -0.25) is 4.79 Å². The Morgan fingerprint density at radius 2 is 1.36 bits per heavy atom. The van der Waals surface area contributed by atoms with Crippen LogP contribution in [0.3, 0.4) is 0 Å². The lowest BCUT2D eigenvalue weighted by atomic mass is 9.77. The van der Waals surface area contributed by atoms with Crippen LogP contribution in [0.4, 0.5) is 0 Å². The molecular formula is C30H27Cl2N3O. The summed E-state index contributed by atoms with van der Waals surface area (Å²) >= 11 is 12.4. The summed E-state index contributed by atoms with van der Waals surface area (Å²) in [6.45, 7) is 3.90. The van der Waals surface area contributed by atoms with Crippen LogP contribution in [0.15, 0.2) is 71.3 Å². The van der Waals surface area contributed by atoms with E-state index in [-0.39, 0.29) is 5.78 Å². The van der Waals surface area contributed by atoms with Gasteiger partial charge in [0.15, 0.2) is 5.78 Å². The summed E-state index contributed by atoms with van der Waals surface area (Å²) in [6, 6.07) is 19.3. The van der Waals surface area contributed by atoms with Crippen molar-refractivity contribution in [3.63, 3.8) is 0 Å². The van der Waals surface area contributed by atoms with Crippen LogP contribution in [-0.4, -0.2) is 21.8 Å². The third-order valence-corrected chi connectivity index (χ3v) is 8.59. The molecule has 5 rings (SSSR count). The van der Waals surface area contributed by atoms with E-state index in [9.17, 15) is 15.3 Å². The molecule has 2 heterocycles. The molecule has 0 radical (unpaired) electrons. The highest BCUT2D eigenvalue weighted by Crippen LogP contribution is 2.63. The predicted molar refractivity (Wildman–Crippen MR) is 142 cm³/mol. The second kappa shape index (κ2) is 8.89. The van der Waals surface area contributed by atoms with Crippen molar-refractivity contribution in [1.29, 1.82) is 10.5 Å². The summed E-state index contributed by atoms with van der Waals surface area (Å²) in [5, 5.41) is 22.5. The Morgan fingerprint density at radius 3 is 1.92 bits per heavy atom. The fraction of sp³-hybridized carbons (Fsp3) is 0.367. The number of carbonyl (C=O) groups excluding carboxylic acids is 1. The number of fused-ring (bicyclic) bond motifs is 2. The Hall–Kier alpha value is -2.89. The van der Waals surface area contributed by atoms with E-state index in [0.29, 0.717) is 27.6 Å². The van der Waals surface area contributed by atoms with Gasteiger partial charge in [0.2, 0.25) is 5.54 Å². The van der Waals surface area contributed by atoms with Crippen LogP contribution in [0.5, 0.6) is 0 Å². The Labute approximate surface area is 222 Å². The molecule has 36 heavy (non-hydrogen) atoms. The highest BCUT2D eigenvalue weighted by Gasteiger charge is 2.68. The second-order valence-electron chi connectivity index (χ2n) is 10.4. The zero-order valence-electron chi connectivity index (χ0n) is 20.4. The molecule has 0 amide bonds. The van der Waals surface area contributed by atoms with Crippen LogP contribution in [0.1, 0.15) is 68.3 Å². The number of halogens is 2. The first kappa shape index (κ1) is 24.8. The maximum absolute atomic E-state index is 14.0. The van der Waals surface area contributed by atoms with Crippen LogP contribution in [0.25, 0.3) is 0 Å². The molecule has 2 aromatic rings. The third-order valence-electron chi connectivity index (χ3n) is 8.08. The van der Waals surface area contributed by atoms with Crippen LogP contribution >= 0.6 is 23.2 Å². The number of nitriles is 2. The SMILES string of the molecule is CC1(C)C(C(=O)c2ccc(Cl)cc2)=CC2(c3ccc(Cl)cc3)C3=C(CCCCCC3)C(C#N)(C#N)N12. The van der Waals surface area contributed by atoms with Gasteiger partial charge in [0.25, 0.3) is 0 Å². The maximum Gasteiger partial charge on any atom is 0.220 e. The summed E-state index contributed by atoms with van der Waals surface area (Å²) in [6.07, 6.45) is 7.60. The minimum Gasteiger partial charge on any atom is -0.289 e. The zero-order valence-corrected chi connectivity index (χ0v) is 22.0. The van der Waals surface area contributed by atoms with E-state index in [1.54, 1.807) is 24.3 Å². The van der Waals surface area contributed by atoms with Crippen LogP contribution in [0.2, 0.25) is 10.0 Å². The lowest BCUT2D eigenvalue weighted by Gasteiger charge is -2.46. The van der Waals surface area contributed by atoms with Crippen molar-refractivity contribution in [2.75, 3.05) is 0 Å². The number of Topliss-reactive ketones (excluding diaryl/α,β-unsaturated/α-hetero) is 1. The predicted octanol–water partition coefficient (Wildman–Crippen LogP) is 7.54. The average Bonchev–Trinajstić information content (AvgIpc) is 3.24. The summed E-state index contributed by atoms with van der Waals surface area (Å²) in [5.74, 6) is -0.128. The first-order valence-corrected chi connectivity index (χ1v) is 13.1. The number of nitrogens with zero attached hydrogens (tertiary/aromatic N) is 3. The van der Waals surface area contributed by atoms with Crippen molar-refractivity contribution in [3.05, 3.63) is 92.5 Å². The van der Waals surface area contributed by atoms with Crippen molar-refractivity contribution < 1.29 is 4.79 Å². The molecule has 0 aromatic heterocycles. The van der Waals surface area contributed by atoms with Crippen molar-refractivity contribution in [2.24, 2.45) is 0 Å². The first-order chi connectivity index (χ1) is 17.2. The van der Waals surface area contributed by atoms with Gasteiger partial charge in [-0.05, 0) is 98.7 Å². The van der Waals surface area contributed by atoms with Crippen molar-refractivity contribution in [2.45, 2.75) is 69.0 Å². The van der Waals surface area contributed by atoms with E-state index >= 15 is 0 Å². The molecule has 1 atom stereocenters. The molecule has 0 saturated carbocycles. The smallest absolute Gasteiger partial charge is 0.220 e. The molecule has 182 valence electrons. The molecule has 6 heteroatoms. The van der Waals surface area contributed by atoms with Gasteiger partial charge >= 0.3 is 0 Å². The van der Waals surface area contributed by atoms with Gasteiger partial charge in [-0.25, -0.2) is 4.90 Å². The highest BCUT2D eigenvalue weighted by atomic mass is 35.5. The standard InChI is InChI=1S/C30H27Cl2N3O/c1-28(2)26(27(36)20-9-13-22(31)14-10-20)17-30(21-11-15-23(32)16-12-21)25-8-6-4-3-5-7-24(25)29(18-33,19-34)35(28)30/h9-17H,3-8H2,1-2H3. The maximum atomic E-state index is 14.0. The number of rotatable bonds is 3. The Bertz CT molecular complexity index is 1360. The van der Waals surface area contributed by atoms with Gasteiger partial charge in [0.05, 0.1) is 5.54 Å². The van der Waals surface area contributed by atoms with E-state index in [2.05, 4.69) is 12.1 Å². The first-order valence-electron chi connectivity index (χ1n) is 12.4. The lowest BCUT2D eigenvalue weighted by molar-refractivity contribution is 0.0609. The number of hydrogen-bond acceptors (Lipinski definition) is 4. The van der Waals surface area contributed by atoms with E-state index < -0.39 is 16.6 Å². The van der Waals surface area contributed by atoms with E-state index in [1.165, 1.54) is 0 Å². The topological polar surface area (TPSA) is 67.9 Å². The van der Waals surface area contributed by atoms with Gasteiger partial charge < -0.3 is 0 Å². The summed E-state index contributed by atoms with van der Waals surface area (Å²) < 4.78 is 0. The zero-order chi connectivity index (χ0) is 25.7. The highest BCUT2D eigenvalue weighted by molar-refractivity contribution is 6.31. The number of hydrogen-bond donors (Lipinski definition) is 0. The summed E-state index contributed by atoms with van der Waals surface area (Å²) in [7, 11) is 0. The van der Waals surface area contributed by atoms with Gasteiger partial charge in [-0.1, -0.05) is 48.2 Å². The molecule has 4 nitrogen and oxygen atoms in total. The summed E-state index contributed by atoms with van der Waals surface area (Å²) in [5.41, 5.74) is 0.741. The molecule has 2 aromatic carbocycles. The fourth-order valence-electron chi connectivity index (χ4n) is 6.58. The Kier molecular flexibility index (Phi) is 6.12. The van der Waals surface area contributed by atoms with E-state index in [1.807, 2.05) is 49.1 Å². The fourth-order valence-corrected chi connectivity index (χ4v) is 6.83. The molecule has 0 fully saturated rings. The summed E-state index contributed by atoms with van der Waals surface area (Å²) in [4.78, 5) is 16.0. The van der Waals surface area contributed by atoms with Crippen molar-refractivity contribution in [1.82, 2.24) is 4.90 Å². The van der Waals surface area contributed by atoms with Crippen molar-refractivity contribution >= 4 is 29.0 Å². The van der Waals surface area contributed by atoms with Gasteiger partial charge in [-0.15, -0.1) is 0 Å². The van der Waals surface area contributed by atoms with Crippen molar-refractivity contribution in [3.8, 4) is 12.1 Å².